The minimum absolute atomic E-state index is 0.713. The molecule has 0 spiro atoms. The third kappa shape index (κ3) is 7.64. The molecule has 1 fully saturated rings. The van der Waals surface area contributed by atoms with Crippen LogP contribution in [0.2, 0.25) is 0 Å². The van der Waals surface area contributed by atoms with Crippen molar-refractivity contribution in [3.63, 3.8) is 0 Å². The van der Waals surface area contributed by atoms with Crippen LogP contribution >= 0.6 is 11.8 Å². The average molecular weight is 336 g/mol. The first-order valence-corrected chi connectivity index (χ1v) is 9.75. The highest BCUT2D eigenvalue weighted by molar-refractivity contribution is 8.00. The lowest BCUT2D eigenvalue weighted by molar-refractivity contribution is 0.307. The van der Waals surface area contributed by atoms with Crippen molar-refractivity contribution in [2.45, 2.75) is 37.9 Å². The van der Waals surface area contributed by atoms with Gasteiger partial charge in [0.05, 0.1) is 13.2 Å². The molecule has 0 amide bonds. The number of benzene rings is 1. The minimum Gasteiger partial charge on any atom is -0.494 e. The van der Waals surface area contributed by atoms with E-state index in [-0.39, 0.29) is 0 Å². The van der Waals surface area contributed by atoms with Crippen LogP contribution in [-0.4, -0.2) is 43.2 Å². The fraction of sp³-hybridized carbons (Fsp3) is 0.611. The second kappa shape index (κ2) is 11.2. The fourth-order valence-corrected chi connectivity index (χ4v) is 3.64. The molecular formula is C18H29N3OS. The molecule has 1 aromatic rings. The van der Waals surface area contributed by atoms with Crippen molar-refractivity contribution >= 4 is 17.7 Å². The number of rotatable bonds is 9. The zero-order valence-corrected chi connectivity index (χ0v) is 14.9. The van der Waals surface area contributed by atoms with Gasteiger partial charge in [-0.1, -0.05) is 18.2 Å². The number of hydrogen-bond acceptors (Lipinski definition) is 3. The first-order chi connectivity index (χ1) is 11.4. The molecule has 1 aliphatic rings. The zero-order valence-electron chi connectivity index (χ0n) is 14.1. The van der Waals surface area contributed by atoms with E-state index in [1.165, 1.54) is 18.6 Å². The van der Waals surface area contributed by atoms with E-state index < -0.39 is 0 Å². The van der Waals surface area contributed by atoms with Crippen molar-refractivity contribution in [3.8, 4) is 5.75 Å². The Hall–Kier alpha value is -1.36. The van der Waals surface area contributed by atoms with E-state index in [4.69, 9.17) is 9.73 Å². The third-order valence-corrected chi connectivity index (χ3v) is 5.08. The van der Waals surface area contributed by atoms with E-state index in [0.29, 0.717) is 5.25 Å². The summed E-state index contributed by atoms with van der Waals surface area (Å²) in [5.41, 5.74) is 0. The lowest BCUT2D eigenvalue weighted by atomic mass is 10.2. The number of para-hydroxylation sites is 1. The van der Waals surface area contributed by atoms with Crippen LogP contribution in [0.15, 0.2) is 35.3 Å². The number of unbranched alkanes of at least 4 members (excludes halogenated alkanes) is 1. The molecule has 0 aromatic heterocycles. The van der Waals surface area contributed by atoms with Crippen LogP contribution < -0.4 is 15.4 Å². The summed E-state index contributed by atoms with van der Waals surface area (Å²) in [6.45, 7) is 5.63. The lowest BCUT2D eigenvalue weighted by Gasteiger charge is -2.12. The molecule has 1 heterocycles. The molecule has 1 aliphatic heterocycles. The van der Waals surface area contributed by atoms with E-state index in [1.807, 2.05) is 30.3 Å². The Morgan fingerprint density at radius 1 is 1.26 bits per heavy atom. The van der Waals surface area contributed by atoms with E-state index in [9.17, 15) is 0 Å². The molecule has 23 heavy (non-hydrogen) atoms. The van der Waals surface area contributed by atoms with Crippen molar-refractivity contribution in [3.05, 3.63) is 30.3 Å². The quantitative estimate of drug-likeness (QED) is 0.413. The van der Waals surface area contributed by atoms with Crippen molar-refractivity contribution in [1.29, 1.82) is 0 Å². The van der Waals surface area contributed by atoms with E-state index in [2.05, 4.69) is 29.3 Å². The largest absolute Gasteiger partial charge is 0.494 e. The molecule has 0 saturated carbocycles. The number of aliphatic imine (C=N–C) groups is 1. The molecule has 1 atom stereocenters. The van der Waals surface area contributed by atoms with Crippen molar-refractivity contribution in [1.82, 2.24) is 10.6 Å². The number of hydrogen-bond donors (Lipinski definition) is 2. The van der Waals surface area contributed by atoms with Gasteiger partial charge in [-0.3, -0.25) is 4.99 Å². The van der Waals surface area contributed by atoms with Crippen molar-refractivity contribution < 1.29 is 4.74 Å². The summed E-state index contributed by atoms with van der Waals surface area (Å²) in [5.74, 6) is 3.19. The van der Waals surface area contributed by atoms with Crippen LogP contribution in [-0.2, 0) is 0 Å². The number of guanidine groups is 1. The molecule has 128 valence electrons. The summed E-state index contributed by atoms with van der Waals surface area (Å²) < 4.78 is 5.70. The van der Waals surface area contributed by atoms with Crippen LogP contribution in [0.25, 0.3) is 0 Å². The monoisotopic (exact) mass is 335 g/mol. The van der Waals surface area contributed by atoms with Gasteiger partial charge in [0.1, 0.15) is 5.75 Å². The zero-order chi connectivity index (χ0) is 16.2. The van der Waals surface area contributed by atoms with Crippen molar-refractivity contribution in [2.75, 3.05) is 32.0 Å². The second-order valence-corrected chi connectivity index (χ2v) is 7.06. The number of ether oxygens (including phenoxy) is 1. The van der Waals surface area contributed by atoms with Gasteiger partial charge < -0.3 is 15.4 Å². The molecule has 5 heteroatoms. The first kappa shape index (κ1) is 18.0. The van der Waals surface area contributed by atoms with E-state index in [1.54, 1.807) is 0 Å². The van der Waals surface area contributed by atoms with E-state index in [0.717, 1.165) is 50.8 Å². The minimum atomic E-state index is 0.713. The van der Waals surface area contributed by atoms with Gasteiger partial charge in [-0.2, -0.15) is 11.8 Å². The number of nitrogens with zero attached hydrogens (tertiary/aromatic N) is 1. The van der Waals surface area contributed by atoms with Gasteiger partial charge in [-0.25, -0.2) is 0 Å². The number of thioether (sulfide) groups is 1. The summed E-state index contributed by atoms with van der Waals surface area (Å²) in [7, 11) is 0. The fourth-order valence-electron chi connectivity index (χ4n) is 2.46. The van der Waals surface area contributed by atoms with Gasteiger partial charge in [0.25, 0.3) is 0 Å². The molecule has 2 N–H and O–H groups in total. The molecule has 0 aliphatic carbocycles. The summed E-state index contributed by atoms with van der Waals surface area (Å²) in [5, 5.41) is 7.45. The maximum absolute atomic E-state index is 5.70. The lowest BCUT2D eigenvalue weighted by Crippen LogP contribution is -2.38. The van der Waals surface area contributed by atoms with Crippen LogP contribution in [0.3, 0.4) is 0 Å². The standard InChI is InChI=1S/C18H29N3OS/c1-2-19-18(21-15-17-11-8-14-23-17)20-12-6-7-13-22-16-9-4-3-5-10-16/h3-5,9-10,17H,2,6-8,11-15H2,1H3,(H2,19,20,21). The van der Waals surface area contributed by atoms with Gasteiger partial charge in [0.15, 0.2) is 5.96 Å². The topological polar surface area (TPSA) is 45.7 Å². The summed E-state index contributed by atoms with van der Waals surface area (Å²) in [6, 6.07) is 9.99. The van der Waals surface area contributed by atoms with Crippen LogP contribution in [0.1, 0.15) is 32.6 Å². The van der Waals surface area contributed by atoms with Gasteiger partial charge in [0, 0.05) is 18.3 Å². The van der Waals surface area contributed by atoms with Crippen LogP contribution in [0, 0.1) is 0 Å². The summed E-state index contributed by atoms with van der Waals surface area (Å²) in [6.07, 6.45) is 4.77. The van der Waals surface area contributed by atoms with Gasteiger partial charge in [-0.05, 0) is 50.5 Å². The molecule has 2 rings (SSSR count). The molecule has 1 aromatic carbocycles. The molecule has 4 nitrogen and oxygen atoms in total. The predicted octanol–water partition coefficient (Wildman–Crippen LogP) is 3.30. The maximum Gasteiger partial charge on any atom is 0.191 e. The summed E-state index contributed by atoms with van der Waals surface area (Å²) in [4.78, 5) is 4.70. The highest BCUT2D eigenvalue weighted by atomic mass is 32.2. The molecule has 0 bridgehead atoms. The molecule has 0 radical (unpaired) electrons. The third-order valence-electron chi connectivity index (χ3n) is 3.70. The SMILES string of the molecule is CCNC(=NCC1CCCS1)NCCCCOc1ccccc1. The van der Waals surface area contributed by atoms with Crippen LogP contribution in [0.5, 0.6) is 5.75 Å². The highest BCUT2D eigenvalue weighted by Gasteiger charge is 2.14. The second-order valence-electron chi connectivity index (χ2n) is 5.65. The average Bonchev–Trinajstić information content (AvgIpc) is 3.10. The van der Waals surface area contributed by atoms with E-state index >= 15 is 0 Å². The Bertz CT molecular complexity index is 447. The Morgan fingerprint density at radius 2 is 2.13 bits per heavy atom. The smallest absolute Gasteiger partial charge is 0.191 e. The maximum atomic E-state index is 5.70. The van der Waals surface area contributed by atoms with Gasteiger partial charge in [-0.15, -0.1) is 0 Å². The molecule has 1 saturated heterocycles. The van der Waals surface area contributed by atoms with Gasteiger partial charge in [0.2, 0.25) is 0 Å². The summed E-state index contributed by atoms with van der Waals surface area (Å²) >= 11 is 2.06. The molecular weight excluding hydrogens is 306 g/mol. The predicted molar refractivity (Wildman–Crippen MR) is 101 cm³/mol. The Labute approximate surface area is 144 Å². The van der Waals surface area contributed by atoms with Crippen molar-refractivity contribution in [2.24, 2.45) is 4.99 Å². The highest BCUT2D eigenvalue weighted by Crippen LogP contribution is 2.25. The molecule has 1 unspecified atom stereocenters. The number of nitrogens with one attached hydrogen (secondary N) is 2. The van der Waals surface area contributed by atoms with Gasteiger partial charge >= 0.3 is 0 Å². The Balaban J connectivity index is 1.57. The normalized spacial score (nSPS) is 18.0. The Morgan fingerprint density at radius 3 is 2.87 bits per heavy atom. The Kier molecular flexibility index (Phi) is 8.77. The first-order valence-electron chi connectivity index (χ1n) is 8.70. The van der Waals surface area contributed by atoms with Crippen LogP contribution in [0.4, 0.5) is 0 Å².